The van der Waals surface area contributed by atoms with Crippen LogP contribution < -0.4 is 10.9 Å². The molecule has 0 spiro atoms. The number of aliphatic carboxylic acids is 1. The Kier molecular flexibility index (Phi) is 2.38. The van der Waals surface area contributed by atoms with Crippen LogP contribution in [0.1, 0.15) is 18.2 Å². The van der Waals surface area contributed by atoms with Crippen LogP contribution in [0, 0.1) is 0 Å². The molecule has 0 amide bonds. The summed E-state index contributed by atoms with van der Waals surface area (Å²) in [7, 11) is 0. The van der Waals surface area contributed by atoms with Crippen molar-refractivity contribution < 1.29 is 9.90 Å². The van der Waals surface area contributed by atoms with Crippen molar-refractivity contribution in [3.05, 3.63) is 24.3 Å². The summed E-state index contributed by atoms with van der Waals surface area (Å²) in [5.74, 6) is -0.853. The Balaban J connectivity index is 2.06. The van der Waals surface area contributed by atoms with E-state index in [0.717, 1.165) is 5.69 Å². The predicted octanol–water partition coefficient (Wildman–Crippen LogP) is -0.531. The maximum Gasteiger partial charge on any atom is 0.322 e. The lowest BCUT2D eigenvalue weighted by Gasteiger charge is -2.06. The number of hydrogen-bond acceptors (Lipinski definition) is 5. The summed E-state index contributed by atoms with van der Waals surface area (Å²) in [5, 5.41) is 8.74. The smallest absolute Gasteiger partial charge is 0.322 e. The number of hydrogen-bond donors (Lipinski definition) is 3. The highest BCUT2D eigenvalue weighted by Crippen LogP contribution is 2.19. The van der Waals surface area contributed by atoms with Crippen LogP contribution in [-0.2, 0) is 4.79 Å². The van der Waals surface area contributed by atoms with Gasteiger partial charge in [-0.2, -0.15) is 0 Å². The molecule has 0 bridgehead atoms. The van der Waals surface area contributed by atoms with Crippen LogP contribution in [0.2, 0.25) is 0 Å². The molecule has 0 aromatic carbocycles. The Morgan fingerprint density at radius 1 is 1.57 bits per heavy atom. The van der Waals surface area contributed by atoms with Gasteiger partial charge in [0.05, 0.1) is 11.7 Å². The third-order valence-corrected chi connectivity index (χ3v) is 2.16. The van der Waals surface area contributed by atoms with Gasteiger partial charge < -0.3 is 5.11 Å². The second-order valence-corrected chi connectivity index (χ2v) is 3.10. The zero-order chi connectivity index (χ0) is 9.97. The molecule has 1 saturated heterocycles. The number of nitrogens with one attached hydrogen (secondary N) is 2. The first-order valence-electron chi connectivity index (χ1n) is 4.27. The van der Waals surface area contributed by atoms with Crippen LogP contribution in [0.3, 0.4) is 0 Å². The van der Waals surface area contributed by atoms with Crippen molar-refractivity contribution in [2.24, 2.45) is 0 Å². The van der Waals surface area contributed by atoms with Gasteiger partial charge in [0, 0.05) is 6.20 Å². The number of nitrogens with zero attached hydrogens (tertiary/aromatic N) is 2. The molecule has 1 aromatic rings. The lowest BCUT2D eigenvalue weighted by atomic mass is 10.1. The van der Waals surface area contributed by atoms with E-state index in [1.807, 2.05) is 0 Å². The van der Waals surface area contributed by atoms with Crippen LogP contribution in [0.4, 0.5) is 0 Å². The molecule has 3 N–H and O–H groups in total. The van der Waals surface area contributed by atoms with Crippen molar-refractivity contribution in [1.29, 1.82) is 0 Å². The number of aromatic nitrogens is 2. The number of carboxylic acids is 1. The van der Waals surface area contributed by atoms with Gasteiger partial charge in [0.25, 0.3) is 0 Å². The Hall–Kier alpha value is -1.53. The van der Waals surface area contributed by atoms with Crippen molar-refractivity contribution >= 4 is 5.97 Å². The largest absolute Gasteiger partial charge is 0.480 e. The first kappa shape index (κ1) is 9.04. The second kappa shape index (κ2) is 3.69. The van der Waals surface area contributed by atoms with E-state index >= 15 is 0 Å². The fourth-order valence-electron chi connectivity index (χ4n) is 1.42. The molecule has 14 heavy (non-hydrogen) atoms. The molecule has 1 fully saturated rings. The lowest BCUT2D eigenvalue weighted by Crippen LogP contribution is -2.36. The Morgan fingerprint density at radius 3 is 3.00 bits per heavy atom. The monoisotopic (exact) mass is 194 g/mol. The van der Waals surface area contributed by atoms with E-state index in [9.17, 15) is 4.79 Å². The minimum Gasteiger partial charge on any atom is -0.480 e. The highest BCUT2D eigenvalue weighted by molar-refractivity contribution is 5.73. The number of carbonyl (C=O) groups is 1. The van der Waals surface area contributed by atoms with Crippen molar-refractivity contribution in [2.75, 3.05) is 0 Å². The summed E-state index contributed by atoms with van der Waals surface area (Å²) < 4.78 is 0. The highest BCUT2D eigenvalue weighted by Gasteiger charge is 2.30. The lowest BCUT2D eigenvalue weighted by molar-refractivity contribution is -0.139. The van der Waals surface area contributed by atoms with Crippen LogP contribution in [0.15, 0.2) is 18.6 Å². The predicted molar refractivity (Wildman–Crippen MR) is 47.1 cm³/mol. The summed E-state index contributed by atoms with van der Waals surface area (Å²) >= 11 is 0. The van der Waals surface area contributed by atoms with Gasteiger partial charge in [0.1, 0.15) is 12.4 Å². The Bertz CT molecular complexity index is 329. The van der Waals surface area contributed by atoms with Crippen LogP contribution in [0.5, 0.6) is 0 Å². The van der Waals surface area contributed by atoms with Gasteiger partial charge in [-0.15, -0.1) is 0 Å². The Morgan fingerprint density at radius 2 is 2.43 bits per heavy atom. The molecule has 1 aliphatic heterocycles. The van der Waals surface area contributed by atoms with E-state index in [0.29, 0.717) is 6.42 Å². The molecule has 2 atom stereocenters. The SMILES string of the molecule is O=C(O)C1CC(c2ccncn2)NN1. The van der Waals surface area contributed by atoms with Crippen LogP contribution in [-0.4, -0.2) is 27.1 Å². The molecule has 1 aliphatic rings. The summed E-state index contributed by atoms with van der Waals surface area (Å²) in [6, 6.07) is 1.16. The average Bonchev–Trinajstić information content (AvgIpc) is 2.68. The van der Waals surface area contributed by atoms with Crippen molar-refractivity contribution in [1.82, 2.24) is 20.8 Å². The zero-order valence-electron chi connectivity index (χ0n) is 7.34. The maximum absolute atomic E-state index is 10.6. The van der Waals surface area contributed by atoms with Gasteiger partial charge in [0.15, 0.2) is 0 Å². The fourth-order valence-corrected chi connectivity index (χ4v) is 1.42. The number of carboxylic acid groups (broad SMARTS) is 1. The van der Waals surface area contributed by atoms with E-state index in [1.54, 1.807) is 12.3 Å². The van der Waals surface area contributed by atoms with Crippen LogP contribution in [0.25, 0.3) is 0 Å². The molecular formula is C8H10N4O2. The third-order valence-electron chi connectivity index (χ3n) is 2.16. The number of hydrazine groups is 1. The molecule has 1 aromatic heterocycles. The summed E-state index contributed by atoms with van der Waals surface area (Å²) in [6.07, 6.45) is 3.58. The standard InChI is InChI=1S/C8H10N4O2/c13-8(14)7-3-6(11-12-7)5-1-2-9-4-10-5/h1-2,4,6-7,11-12H,3H2,(H,13,14). The molecular weight excluding hydrogens is 184 g/mol. The molecule has 0 saturated carbocycles. The molecule has 0 aliphatic carbocycles. The third kappa shape index (κ3) is 1.70. The molecule has 2 heterocycles. The Labute approximate surface area is 80.4 Å². The van der Waals surface area contributed by atoms with Gasteiger partial charge in [0.2, 0.25) is 0 Å². The van der Waals surface area contributed by atoms with Gasteiger partial charge in [-0.05, 0) is 12.5 Å². The zero-order valence-corrected chi connectivity index (χ0v) is 7.34. The fraction of sp³-hybridized carbons (Fsp3) is 0.375. The summed E-state index contributed by atoms with van der Waals surface area (Å²) in [4.78, 5) is 18.5. The molecule has 74 valence electrons. The maximum atomic E-state index is 10.6. The van der Waals surface area contributed by atoms with Gasteiger partial charge >= 0.3 is 5.97 Å². The van der Waals surface area contributed by atoms with Crippen LogP contribution >= 0.6 is 0 Å². The summed E-state index contributed by atoms with van der Waals surface area (Å²) in [6.45, 7) is 0. The normalized spacial score (nSPS) is 26.3. The van der Waals surface area contributed by atoms with Gasteiger partial charge in [-0.1, -0.05) is 0 Å². The van der Waals surface area contributed by atoms with E-state index in [2.05, 4.69) is 20.8 Å². The molecule has 2 rings (SSSR count). The van der Waals surface area contributed by atoms with E-state index in [1.165, 1.54) is 6.33 Å². The second-order valence-electron chi connectivity index (χ2n) is 3.10. The molecule has 6 heteroatoms. The minimum absolute atomic E-state index is 0.0564. The average molecular weight is 194 g/mol. The quantitative estimate of drug-likeness (QED) is 0.586. The topological polar surface area (TPSA) is 87.1 Å². The van der Waals surface area contributed by atoms with E-state index < -0.39 is 12.0 Å². The molecule has 0 radical (unpaired) electrons. The summed E-state index contributed by atoms with van der Waals surface area (Å²) in [5.41, 5.74) is 6.38. The van der Waals surface area contributed by atoms with Gasteiger partial charge in [-0.3, -0.25) is 4.79 Å². The first-order chi connectivity index (χ1) is 6.77. The van der Waals surface area contributed by atoms with Gasteiger partial charge in [-0.25, -0.2) is 20.8 Å². The van der Waals surface area contributed by atoms with Crippen molar-refractivity contribution in [3.63, 3.8) is 0 Å². The molecule has 6 nitrogen and oxygen atoms in total. The van der Waals surface area contributed by atoms with E-state index in [-0.39, 0.29) is 6.04 Å². The van der Waals surface area contributed by atoms with Crippen molar-refractivity contribution in [3.8, 4) is 0 Å². The minimum atomic E-state index is -0.853. The first-order valence-corrected chi connectivity index (χ1v) is 4.27. The van der Waals surface area contributed by atoms with E-state index in [4.69, 9.17) is 5.11 Å². The number of rotatable bonds is 2. The molecule has 2 unspecified atom stereocenters. The van der Waals surface area contributed by atoms with Crippen molar-refractivity contribution in [2.45, 2.75) is 18.5 Å². The highest BCUT2D eigenvalue weighted by atomic mass is 16.4.